The van der Waals surface area contributed by atoms with Gasteiger partial charge in [0.2, 0.25) is 0 Å². The van der Waals surface area contributed by atoms with Crippen molar-refractivity contribution in [2.45, 2.75) is 19.9 Å². The van der Waals surface area contributed by atoms with Gasteiger partial charge < -0.3 is 14.5 Å². The summed E-state index contributed by atoms with van der Waals surface area (Å²) in [4.78, 5) is 11.5. The lowest BCUT2D eigenvalue weighted by atomic mass is 10.1. The summed E-state index contributed by atoms with van der Waals surface area (Å²) in [5, 5.41) is 3.76. The third kappa shape index (κ3) is 3.14. The fraction of sp³-hybridized carbons (Fsp3) is 0.267. The van der Waals surface area contributed by atoms with Crippen LogP contribution in [0.4, 0.5) is 5.69 Å². The second kappa shape index (κ2) is 6.01. The van der Waals surface area contributed by atoms with E-state index in [1.807, 2.05) is 26.0 Å². The average Bonchev–Trinajstić information content (AvgIpc) is 2.87. The Morgan fingerprint density at radius 2 is 2.10 bits per heavy atom. The molecule has 1 unspecified atom stereocenters. The minimum atomic E-state index is -0.397. The lowest BCUT2D eigenvalue weighted by Gasteiger charge is -2.15. The summed E-state index contributed by atoms with van der Waals surface area (Å²) in [5.41, 5.74) is 1.11. The normalized spacial score (nSPS) is 12.0. The highest BCUT2D eigenvalue weighted by Gasteiger charge is 2.13. The van der Waals surface area contributed by atoms with Crippen LogP contribution in [0, 0.1) is 6.92 Å². The van der Waals surface area contributed by atoms with Crippen LogP contribution in [-0.2, 0) is 4.74 Å². The van der Waals surface area contributed by atoms with Crippen LogP contribution in [0.2, 0.25) is 5.02 Å². The van der Waals surface area contributed by atoms with E-state index in [1.54, 1.807) is 18.2 Å². The summed E-state index contributed by atoms with van der Waals surface area (Å²) in [5.74, 6) is 1.26. The number of nitrogens with one attached hydrogen (secondary N) is 1. The van der Waals surface area contributed by atoms with Crippen LogP contribution in [0.15, 0.2) is 34.7 Å². The second-order valence-electron chi connectivity index (χ2n) is 4.50. The van der Waals surface area contributed by atoms with E-state index < -0.39 is 5.97 Å². The molecule has 0 aliphatic rings. The topological polar surface area (TPSA) is 51.5 Å². The average molecular weight is 294 g/mol. The van der Waals surface area contributed by atoms with Crippen molar-refractivity contribution in [1.29, 1.82) is 0 Å². The summed E-state index contributed by atoms with van der Waals surface area (Å²) < 4.78 is 10.3. The Kier molecular flexibility index (Phi) is 4.35. The molecule has 1 atom stereocenters. The number of carbonyl (C=O) groups is 1. The number of aryl methyl sites for hydroxylation is 1. The highest BCUT2D eigenvalue weighted by molar-refractivity contribution is 6.33. The highest BCUT2D eigenvalue weighted by Crippen LogP contribution is 2.28. The van der Waals surface area contributed by atoms with Crippen LogP contribution in [-0.4, -0.2) is 13.1 Å². The van der Waals surface area contributed by atoms with Crippen molar-refractivity contribution in [3.05, 3.63) is 52.4 Å². The highest BCUT2D eigenvalue weighted by atomic mass is 35.5. The zero-order valence-corrected chi connectivity index (χ0v) is 12.3. The molecule has 1 aromatic carbocycles. The first-order valence-electron chi connectivity index (χ1n) is 6.22. The molecule has 0 spiro atoms. The molecule has 0 aliphatic heterocycles. The number of ether oxygens (including phenoxy) is 1. The van der Waals surface area contributed by atoms with Gasteiger partial charge in [0.1, 0.15) is 11.5 Å². The molecule has 0 saturated heterocycles. The molecule has 0 amide bonds. The molecule has 1 heterocycles. The molecule has 1 aromatic heterocycles. The fourth-order valence-electron chi connectivity index (χ4n) is 1.87. The van der Waals surface area contributed by atoms with Gasteiger partial charge in [-0.2, -0.15) is 0 Å². The molecule has 0 aliphatic carbocycles. The predicted octanol–water partition coefficient (Wildman–Crippen LogP) is 4.20. The van der Waals surface area contributed by atoms with E-state index in [9.17, 15) is 4.79 Å². The first-order valence-corrected chi connectivity index (χ1v) is 6.60. The van der Waals surface area contributed by atoms with Gasteiger partial charge >= 0.3 is 5.97 Å². The van der Waals surface area contributed by atoms with Gasteiger partial charge in [-0.1, -0.05) is 11.6 Å². The third-order valence-electron chi connectivity index (χ3n) is 2.95. The van der Waals surface area contributed by atoms with E-state index in [2.05, 4.69) is 5.32 Å². The third-order valence-corrected chi connectivity index (χ3v) is 3.28. The number of benzene rings is 1. The summed E-state index contributed by atoms with van der Waals surface area (Å²) in [6.45, 7) is 3.85. The van der Waals surface area contributed by atoms with E-state index in [0.29, 0.717) is 16.3 Å². The monoisotopic (exact) mass is 293 g/mol. The van der Waals surface area contributed by atoms with Gasteiger partial charge in [0.25, 0.3) is 0 Å². The first kappa shape index (κ1) is 14.5. The van der Waals surface area contributed by atoms with Gasteiger partial charge in [-0.25, -0.2) is 4.79 Å². The summed E-state index contributed by atoms with van der Waals surface area (Å²) >= 11 is 6.14. The number of furan rings is 1. The lowest BCUT2D eigenvalue weighted by molar-refractivity contribution is 0.0601. The Bertz CT molecular complexity index is 621. The van der Waals surface area contributed by atoms with Crippen LogP contribution in [0.5, 0.6) is 0 Å². The quantitative estimate of drug-likeness (QED) is 0.858. The van der Waals surface area contributed by atoms with Crippen LogP contribution in [0.3, 0.4) is 0 Å². The number of carbonyl (C=O) groups excluding carboxylic acids is 1. The zero-order valence-electron chi connectivity index (χ0n) is 11.6. The fourth-order valence-corrected chi connectivity index (χ4v) is 2.04. The van der Waals surface area contributed by atoms with Gasteiger partial charge in [-0.05, 0) is 44.2 Å². The maximum absolute atomic E-state index is 11.5. The number of hydrogen-bond acceptors (Lipinski definition) is 4. The summed E-state index contributed by atoms with van der Waals surface area (Å²) in [6, 6.07) is 8.71. The van der Waals surface area contributed by atoms with Crippen molar-refractivity contribution < 1.29 is 13.9 Å². The largest absolute Gasteiger partial charge is 0.465 e. The van der Waals surface area contributed by atoms with Gasteiger partial charge in [-0.15, -0.1) is 0 Å². The Balaban J connectivity index is 2.22. The molecule has 0 fully saturated rings. The number of methoxy groups -OCH3 is 1. The smallest absolute Gasteiger partial charge is 0.337 e. The maximum Gasteiger partial charge on any atom is 0.337 e. The standard InChI is InChI=1S/C15H16ClNO3/c1-9-4-7-14(20-9)10(2)17-13-8-11(15(18)19-3)5-6-12(13)16/h4-8,10,17H,1-3H3. The van der Waals surface area contributed by atoms with Crippen LogP contribution >= 0.6 is 11.6 Å². The van der Waals surface area contributed by atoms with Crippen molar-refractivity contribution in [3.8, 4) is 0 Å². The van der Waals surface area contributed by atoms with E-state index in [-0.39, 0.29) is 6.04 Å². The van der Waals surface area contributed by atoms with Crippen LogP contribution in [0.1, 0.15) is 34.8 Å². The van der Waals surface area contributed by atoms with Gasteiger partial charge in [-0.3, -0.25) is 0 Å². The van der Waals surface area contributed by atoms with Crippen LogP contribution < -0.4 is 5.32 Å². The van der Waals surface area contributed by atoms with Crippen molar-refractivity contribution in [2.24, 2.45) is 0 Å². The summed E-state index contributed by atoms with van der Waals surface area (Å²) in [6.07, 6.45) is 0. The van der Waals surface area contributed by atoms with Crippen molar-refractivity contribution in [1.82, 2.24) is 0 Å². The Hall–Kier alpha value is -1.94. The molecule has 5 heteroatoms. The molecule has 2 rings (SSSR count). The van der Waals surface area contributed by atoms with Crippen molar-refractivity contribution in [2.75, 3.05) is 12.4 Å². The molecule has 0 saturated carbocycles. The SMILES string of the molecule is COC(=O)c1ccc(Cl)c(NC(C)c2ccc(C)o2)c1. The van der Waals surface area contributed by atoms with Crippen molar-refractivity contribution in [3.63, 3.8) is 0 Å². The second-order valence-corrected chi connectivity index (χ2v) is 4.91. The van der Waals surface area contributed by atoms with E-state index in [4.69, 9.17) is 20.8 Å². The number of halogens is 1. The maximum atomic E-state index is 11.5. The van der Waals surface area contributed by atoms with E-state index in [1.165, 1.54) is 7.11 Å². The number of esters is 1. The summed E-state index contributed by atoms with van der Waals surface area (Å²) in [7, 11) is 1.35. The molecule has 20 heavy (non-hydrogen) atoms. The molecular formula is C15H16ClNO3. The molecule has 1 N–H and O–H groups in total. The Morgan fingerprint density at radius 1 is 1.35 bits per heavy atom. The molecule has 2 aromatic rings. The lowest BCUT2D eigenvalue weighted by Crippen LogP contribution is -2.08. The number of rotatable bonds is 4. The van der Waals surface area contributed by atoms with Gasteiger partial charge in [0, 0.05) is 0 Å². The Labute approximate surface area is 122 Å². The molecule has 0 bridgehead atoms. The van der Waals surface area contributed by atoms with E-state index >= 15 is 0 Å². The van der Waals surface area contributed by atoms with Gasteiger partial charge in [0.05, 0.1) is 29.4 Å². The van der Waals surface area contributed by atoms with E-state index in [0.717, 1.165) is 11.5 Å². The predicted molar refractivity (Wildman–Crippen MR) is 78.3 cm³/mol. The first-order chi connectivity index (χ1) is 9.51. The molecule has 0 radical (unpaired) electrons. The van der Waals surface area contributed by atoms with Crippen LogP contribution in [0.25, 0.3) is 0 Å². The minimum Gasteiger partial charge on any atom is -0.465 e. The zero-order chi connectivity index (χ0) is 14.7. The number of hydrogen-bond donors (Lipinski definition) is 1. The minimum absolute atomic E-state index is 0.0610. The molecule has 4 nitrogen and oxygen atoms in total. The molecule has 106 valence electrons. The Morgan fingerprint density at radius 3 is 2.70 bits per heavy atom. The number of anilines is 1. The van der Waals surface area contributed by atoms with Crippen molar-refractivity contribution >= 4 is 23.3 Å². The van der Waals surface area contributed by atoms with Gasteiger partial charge in [0.15, 0.2) is 0 Å². The molecular weight excluding hydrogens is 278 g/mol.